The monoisotopic (exact) mass is 442 g/mol. The van der Waals surface area contributed by atoms with Gasteiger partial charge in [-0.05, 0) is 24.5 Å². The number of aromatic nitrogens is 7. The molecule has 9 nitrogen and oxygen atoms in total. The lowest BCUT2D eigenvalue weighted by molar-refractivity contribution is -0.141. The Balaban J connectivity index is 1.48. The molecule has 0 amide bonds. The number of alkyl halides is 3. The summed E-state index contributed by atoms with van der Waals surface area (Å²) in [6.45, 7) is 0. The first-order chi connectivity index (χ1) is 15.3. The molecule has 0 spiro atoms. The summed E-state index contributed by atoms with van der Waals surface area (Å²) in [6.07, 6.45) is 3.87. The molecule has 0 unspecified atom stereocenters. The van der Waals surface area contributed by atoms with Crippen LogP contribution in [0.5, 0.6) is 0 Å². The number of nitrogens with two attached hydrogens (primary N) is 1. The third kappa shape index (κ3) is 3.27. The number of hydrogen-bond acceptors (Lipinski definition) is 8. The number of hydrogen-bond donors (Lipinski definition) is 1. The molecule has 4 heterocycles. The number of nitrogen functional groups attached to an aromatic ring is 1. The average Bonchev–Trinajstić information content (AvgIpc) is 3.35. The summed E-state index contributed by atoms with van der Waals surface area (Å²) >= 11 is 0. The third-order valence-corrected chi connectivity index (χ3v) is 5.67. The highest BCUT2D eigenvalue weighted by Gasteiger charge is 2.46. The smallest absolute Gasteiger partial charge is 0.368 e. The van der Waals surface area contributed by atoms with Crippen LogP contribution in [0.25, 0.3) is 22.7 Å². The fourth-order valence-corrected chi connectivity index (χ4v) is 3.87. The first-order valence-corrected chi connectivity index (χ1v) is 9.76. The maximum absolute atomic E-state index is 13.3. The van der Waals surface area contributed by atoms with Crippen LogP contribution in [0.15, 0.2) is 41.4 Å². The lowest BCUT2D eigenvalue weighted by Gasteiger charge is -2.39. The van der Waals surface area contributed by atoms with Crippen molar-refractivity contribution >= 4 is 5.95 Å². The van der Waals surface area contributed by atoms with Crippen LogP contribution in [0.2, 0.25) is 0 Å². The first-order valence-electron chi connectivity index (χ1n) is 9.76. The minimum Gasteiger partial charge on any atom is -0.368 e. The number of anilines is 1. The molecule has 1 fully saturated rings. The van der Waals surface area contributed by atoms with Crippen molar-refractivity contribution in [2.75, 3.05) is 5.73 Å². The van der Waals surface area contributed by atoms with E-state index in [-0.39, 0.29) is 17.4 Å². The van der Waals surface area contributed by atoms with Crippen molar-refractivity contribution in [3.8, 4) is 22.7 Å². The van der Waals surface area contributed by atoms with E-state index in [4.69, 9.17) is 10.3 Å². The maximum atomic E-state index is 13.3. The van der Waals surface area contributed by atoms with Gasteiger partial charge >= 0.3 is 6.18 Å². The van der Waals surface area contributed by atoms with Gasteiger partial charge in [-0.3, -0.25) is 9.67 Å². The van der Waals surface area contributed by atoms with Crippen molar-refractivity contribution in [3.05, 3.63) is 54.0 Å². The molecule has 32 heavy (non-hydrogen) atoms. The zero-order valence-corrected chi connectivity index (χ0v) is 16.8. The van der Waals surface area contributed by atoms with Crippen LogP contribution >= 0.6 is 0 Å². The second kappa shape index (κ2) is 7.11. The Hall–Kier alpha value is -3.83. The highest BCUT2D eigenvalue weighted by molar-refractivity contribution is 5.58. The van der Waals surface area contributed by atoms with E-state index in [0.717, 1.165) is 29.5 Å². The van der Waals surface area contributed by atoms with Crippen LogP contribution in [0.3, 0.4) is 0 Å². The van der Waals surface area contributed by atoms with Crippen molar-refractivity contribution in [1.82, 2.24) is 34.9 Å². The molecule has 5 rings (SSSR count). The van der Waals surface area contributed by atoms with Crippen molar-refractivity contribution in [2.24, 2.45) is 7.05 Å². The molecule has 4 aromatic heterocycles. The van der Waals surface area contributed by atoms with Gasteiger partial charge in [-0.2, -0.15) is 23.3 Å². The molecular weight excluding hydrogens is 425 g/mol. The SMILES string of the molecule is Cn1cc(-c2nc(C3(c4ccc(-c5cnc(N)nc5)nc4)CCC3)no2)c(C(F)(F)F)n1. The van der Waals surface area contributed by atoms with E-state index in [1.165, 1.54) is 13.2 Å². The molecule has 0 atom stereocenters. The minimum atomic E-state index is -4.63. The van der Waals surface area contributed by atoms with Crippen molar-refractivity contribution in [1.29, 1.82) is 0 Å². The Morgan fingerprint density at radius 1 is 1.09 bits per heavy atom. The van der Waals surface area contributed by atoms with Crippen molar-refractivity contribution in [3.63, 3.8) is 0 Å². The van der Waals surface area contributed by atoms with Crippen LogP contribution in [0.1, 0.15) is 36.3 Å². The van der Waals surface area contributed by atoms with Gasteiger partial charge in [-0.25, -0.2) is 9.97 Å². The van der Waals surface area contributed by atoms with Gasteiger partial charge in [0.15, 0.2) is 11.5 Å². The molecule has 4 aromatic rings. The summed E-state index contributed by atoms with van der Waals surface area (Å²) in [5.41, 5.74) is 5.89. The third-order valence-electron chi connectivity index (χ3n) is 5.67. The number of pyridine rings is 1. The highest BCUT2D eigenvalue weighted by atomic mass is 19.4. The molecule has 2 N–H and O–H groups in total. The van der Waals surface area contributed by atoms with Crippen LogP contribution < -0.4 is 5.73 Å². The quantitative estimate of drug-likeness (QED) is 0.510. The van der Waals surface area contributed by atoms with Crippen molar-refractivity contribution in [2.45, 2.75) is 30.9 Å². The lowest BCUT2D eigenvalue weighted by atomic mass is 9.64. The van der Waals surface area contributed by atoms with Crippen LogP contribution in [0, 0.1) is 0 Å². The van der Waals surface area contributed by atoms with Gasteiger partial charge in [0.25, 0.3) is 5.89 Å². The fourth-order valence-electron chi connectivity index (χ4n) is 3.87. The Morgan fingerprint density at radius 2 is 1.84 bits per heavy atom. The van der Waals surface area contributed by atoms with E-state index in [0.29, 0.717) is 17.1 Å². The Bertz CT molecular complexity index is 1260. The van der Waals surface area contributed by atoms with Crippen LogP contribution in [-0.4, -0.2) is 34.9 Å². The maximum Gasteiger partial charge on any atom is 0.435 e. The number of nitrogens with zero attached hydrogens (tertiary/aromatic N) is 7. The van der Waals surface area contributed by atoms with Gasteiger partial charge < -0.3 is 10.3 Å². The van der Waals surface area contributed by atoms with E-state index in [1.54, 1.807) is 18.6 Å². The zero-order valence-electron chi connectivity index (χ0n) is 16.8. The van der Waals surface area contributed by atoms with E-state index in [9.17, 15) is 13.2 Å². The van der Waals surface area contributed by atoms with Gasteiger partial charge in [-0.1, -0.05) is 17.6 Å². The Labute approximate surface area is 179 Å². The molecule has 12 heteroatoms. The van der Waals surface area contributed by atoms with Gasteiger partial charge in [0.1, 0.15) is 0 Å². The van der Waals surface area contributed by atoms with E-state index >= 15 is 0 Å². The molecule has 1 aliphatic rings. The molecule has 0 bridgehead atoms. The Morgan fingerprint density at radius 3 is 2.44 bits per heavy atom. The highest BCUT2D eigenvalue weighted by Crippen LogP contribution is 2.48. The molecule has 0 saturated heterocycles. The molecule has 1 aliphatic carbocycles. The second-order valence-electron chi connectivity index (χ2n) is 7.68. The predicted octanol–water partition coefficient (Wildman–Crippen LogP) is 3.39. The van der Waals surface area contributed by atoms with Crippen molar-refractivity contribution < 1.29 is 17.7 Å². The first kappa shape index (κ1) is 20.1. The van der Waals surface area contributed by atoms with Gasteiger partial charge in [0.2, 0.25) is 5.95 Å². The summed E-state index contributed by atoms with van der Waals surface area (Å²) < 4.78 is 46.3. The normalized spacial score (nSPS) is 15.5. The topological polar surface area (TPSA) is 121 Å². The van der Waals surface area contributed by atoms with Gasteiger partial charge in [0, 0.05) is 37.4 Å². The molecule has 1 saturated carbocycles. The van der Waals surface area contributed by atoms with E-state index in [1.807, 2.05) is 12.1 Å². The lowest BCUT2D eigenvalue weighted by Crippen LogP contribution is -2.36. The number of rotatable bonds is 4. The fraction of sp³-hybridized carbons (Fsp3) is 0.300. The molecular formula is C20H17F3N8O. The Kier molecular flexibility index (Phi) is 4.46. The van der Waals surface area contributed by atoms with Crippen LogP contribution in [-0.2, 0) is 18.6 Å². The standard InChI is InChI=1S/C20H17F3N8O/c1-31-10-13(15(29-31)20(21,22)23)16-28-17(30-32-16)19(5-2-6-19)12-3-4-14(25-9-12)11-7-26-18(24)27-8-11/h3-4,7-10H,2,5-6H2,1H3,(H2,24,26,27). The largest absolute Gasteiger partial charge is 0.435 e. The summed E-state index contributed by atoms with van der Waals surface area (Å²) in [5.74, 6) is 0.297. The average molecular weight is 442 g/mol. The molecule has 0 aromatic carbocycles. The summed E-state index contributed by atoms with van der Waals surface area (Å²) in [7, 11) is 1.41. The van der Waals surface area contributed by atoms with E-state index < -0.39 is 17.3 Å². The zero-order chi connectivity index (χ0) is 22.5. The minimum absolute atomic E-state index is 0.175. The molecule has 164 valence electrons. The number of halogens is 3. The van der Waals surface area contributed by atoms with Crippen LogP contribution in [0.4, 0.5) is 19.1 Å². The van der Waals surface area contributed by atoms with Gasteiger partial charge in [0.05, 0.1) is 16.7 Å². The van der Waals surface area contributed by atoms with Gasteiger partial charge in [-0.15, -0.1) is 0 Å². The summed E-state index contributed by atoms with van der Waals surface area (Å²) in [4.78, 5) is 16.8. The number of aryl methyl sites for hydroxylation is 1. The second-order valence-corrected chi connectivity index (χ2v) is 7.68. The molecule has 0 radical (unpaired) electrons. The predicted molar refractivity (Wildman–Crippen MR) is 106 cm³/mol. The molecule has 0 aliphatic heterocycles. The summed E-state index contributed by atoms with van der Waals surface area (Å²) in [5, 5.41) is 7.54. The summed E-state index contributed by atoms with van der Waals surface area (Å²) in [6, 6.07) is 3.73. The van der Waals surface area contributed by atoms with E-state index in [2.05, 4.69) is 30.2 Å².